The van der Waals surface area contributed by atoms with E-state index in [0.29, 0.717) is 0 Å². The molecule has 0 spiro atoms. The fourth-order valence-corrected chi connectivity index (χ4v) is 1.91. The quantitative estimate of drug-likeness (QED) is 0.847. The minimum atomic E-state index is 0.216. The summed E-state index contributed by atoms with van der Waals surface area (Å²) >= 11 is 1.24. The Kier molecular flexibility index (Phi) is 3.37. The molecule has 0 aromatic carbocycles. The normalized spacial score (nSPS) is 12.6. The predicted molar refractivity (Wildman–Crippen MR) is 59.7 cm³/mol. The van der Waals surface area contributed by atoms with Gasteiger partial charge in [-0.15, -0.1) is 0 Å². The van der Waals surface area contributed by atoms with Gasteiger partial charge in [-0.05, 0) is 25.1 Å². The van der Waals surface area contributed by atoms with Crippen LogP contribution in [0.5, 0.6) is 0 Å². The fourth-order valence-electron chi connectivity index (χ4n) is 1.43. The van der Waals surface area contributed by atoms with Gasteiger partial charge in [0.15, 0.2) is 0 Å². The summed E-state index contributed by atoms with van der Waals surface area (Å²) in [7, 11) is 1.93. The van der Waals surface area contributed by atoms with Crippen molar-refractivity contribution >= 4 is 11.7 Å². The van der Waals surface area contributed by atoms with Crippen LogP contribution in [0.25, 0.3) is 0 Å². The van der Waals surface area contributed by atoms with E-state index >= 15 is 0 Å². The van der Waals surface area contributed by atoms with E-state index in [1.807, 2.05) is 25.5 Å². The molecule has 78 valence electrons. The van der Waals surface area contributed by atoms with Gasteiger partial charge in [-0.25, -0.2) is 0 Å². The SMILES string of the molecule is CNC(Cc1cccnc1)c1cnsn1. The number of pyridine rings is 1. The first kappa shape index (κ1) is 10.2. The summed E-state index contributed by atoms with van der Waals surface area (Å²) in [6, 6.07) is 4.23. The second kappa shape index (κ2) is 4.95. The molecule has 0 saturated heterocycles. The Labute approximate surface area is 92.7 Å². The van der Waals surface area contributed by atoms with Crippen molar-refractivity contribution in [2.24, 2.45) is 0 Å². The molecule has 15 heavy (non-hydrogen) atoms. The first-order chi connectivity index (χ1) is 7.40. The van der Waals surface area contributed by atoms with Crippen LogP contribution in [0.2, 0.25) is 0 Å². The molecule has 1 unspecified atom stereocenters. The van der Waals surface area contributed by atoms with E-state index < -0.39 is 0 Å². The first-order valence-corrected chi connectivity index (χ1v) is 5.47. The third-order valence-corrected chi connectivity index (χ3v) is 2.74. The lowest BCUT2D eigenvalue weighted by Gasteiger charge is -2.12. The zero-order valence-electron chi connectivity index (χ0n) is 8.42. The van der Waals surface area contributed by atoms with Gasteiger partial charge >= 0.3 is 0 Å². The number of nitrogens with one attached hydrogen (secondary N) is 1. The molecule has 0 radical (unpaired) electrons. The fraction of sp³-hybridized carbons (Fsp3) is 0.300. The lowest BCUT2D eigenvalue weighted by Crippen LogP contribution is -2.19. The Bertz CT molecular complexity index is 387. The summed E-state index contributed by atoms with van der Waals surface area (Å²) in [4.78, 5) is 4.09. The summed E-state index contributed by atoms with van der Waals surface area (Å²) in [5, 5.41) is 3.23. The third-order valence-electron chi connectivity index (χ3n) is 2.25. The maximum atomic E-state index is 4.23. The van der Waals surface area contributed by atoms with Crippen LogP contribution in [0.4, 0.5) is 0 Å². The monoisotopic (exact) mass is 220 g/mol. The van der Waals surface area contributed by atoms with Gasteiger partial charge in [0.25, 0.3) is 0 Å². The highest BCUT2D eigenvalue weighted by Gasteiger charge is 2.12. The molecule has 0 bridgehead atoms. The lowest BCUT2D eigenvalue weighted by molar-refractivity contribution is 0.579. The molecule has 2 aromatic rings. The number of likely N-dealkylation sites (N-methyl/N-ethyl adjacent to an activating group) is 1. The van der Waals surface area contributed by atoms with Crippen LogP contribution in [0.3, 0.4) is 0 Å². The van der Waals surface area contributed by atoms with Gasteiger partial charge < -0.3 is 5.32 Å². The van der Waals surface area contributed by atoms with Crippen molar-refractivity contribution in [3.05, 3.63) is 42.0 Å². The third kappa shape index (κ3) is 2.57. The molecule has 1 atom stereocenters. The summed E-state index contributed by atoms with van der Waals surface area (Å²) in [6.45, 7) is 0. The highest BCUT2D eigenvalue weighted by molar-refractivity contribution is 6.99. The zero-order chi connectivity index (χ0) is 10.5. The second-order valence-corrected chi connectivity index (χ2v) is 3.80. The standard InChI is InChI=1S/C10H12N4S/c1-11-9(10-7-13-15-14-10)5-8-3-2-4-12-6-8/h2-4,6-7,9,11H,5H2,1H3. The van der Waals surface area contributed by atoms with Gasteiger partial charge in [0.2, 0.25) is 0 Å². The van der Waals surface area contributed by atoms with E-state index in [9.17, 15) is 0 Å². The van der Waals surface area contributed by atoms with Crippen LogP contribution >= 0.6 is 11.7 Å². The van der Waals surface area contributed by atoms with Crippen LogP contribution in [0.1, 0.15) is 17.3 Å². The van der Waals surface area contributed by atoms with Crippen LogP contribution in [0, 0.1) is 0 Å². The van der Waals surface area contributed by atoms with Crippen molar-refractivity contribution in [3.63, 3.8) is 0 Å². The van der Waals surface area contributed by atoms with Gasteiger partial charge in [-0.3, -0.25) is 4.98 Å². The number of nitrogens with zero attached hydrogens (tertiary/aromatic N) is 3. The molecule has 0 aliphatic rings. The molecule has 5 heteroatoms. The maximum absolute atomic E-state index is 4.23. The highest BCUT2D eigenvalue weighted by Crippen LogP contribution is 2.15. The molecule has 0 fully saturated rings. The molecule has 2 heterocycles. The van der Waals surface area contributed by atoms with Crippen molar-refractivity contribution in [1.82, 2.24) is 19.0 Å². The molecule has 0 aliphatic carbocycles. The van der Waals surface area contributed by atoms with Crippen molar-refractivity contribution in [3.8, 4) is 0 Å². The van der Waals surface area contributed by atoms with Gasteiger partial charge in [0.05, 0.1) is 29.7 Å². The van der Waals surface area contributed by atoms with Crippen molar-refractivity contribution in [2.75, 3.05) is 7.05 Å². The van der Waals surface area contributed by atoms with Gasteiger partial charge in [-0.2, -0.15) is 8.75 Å². The molecular formula is C10H12N4S. The Hall–Kier alpha value is -1.33. The average molecular weight is 220 g/mol. The molecule has 0 amide bonds. The number of rotatable bonds is 4. The van der Waals surface area contributed by atoms with Crippen molar-refractivity contribution in [1.29, 1.82) is 0 Å². The van der Waals surface area contributed by atoms with Crippen LogP contribution < -0.4 is 5.32 Å². The molecule has 1 N–H and O–H groups in total. The largest absolute Gasteiger partial charge is 0.311 e. The number of aromatic nitrogens is 3. The van der Waals surface area contributed by atoms with Gasteiger partial charge in [0.1, 0.15) is 0 Å². The zero-order valence-corrected chi connectivity index (χ0v) is 9.24. The van der Waals surface area contributed by atoms with Crippen LogP contribution in [-0.2, 0) is 6.42 Å². The molecule has 4 nitrogen and oxygen atoms in total. The second-order valence-electron chi connectivity index (χ2n) is 3.24. The summed E-state index contributed by atoms with van der Waals surface area (Å²) in [5.41, 5.74) is 2.19. The Morgan fingerprint density at radius 2 is 2.40 bits per heavy atom. The summed E-state index contributed by atoms with van der Waals surface area (Å²) < 4.78 is 8.24. The van der Waals surface area contributed by atoms with Gasteiger partial charge in [0, 0.05) is 12.4 Å². The summed E-state index contributed by atoms with van der Waals surface area (Å²) in [5.74, 6) is 0. The Balaban J connectivity index is 2.10. The summed E-state index contributed by atoms with van der Waals surface area (Å²) in [6.07, 6.45) is 6.35. The van der Waals surface area contributed by atoms with E-state index in [4.69, 9.17) is 0 Å². The number of hydrogen-bond acceptors (Lipinski definition) is 5. The average Bonchev–Trinajstić information content (AvgIpc) is 2.81. The lowest BCUT2D eigenvalue weighted by atomic mass is 10.1. The van der Waals surface area contributed by atoms with E-state index in [2.05, 4.69) is 25.1 Å². The van der Waals surface area contributed by atoms with Gasteiger partial charge in [-0.1, -0.05) is 6.07 Å². The van der Waals surface area contributed by atoms with Crippen LogP contribution in [0.15, 0.2) is 30.7 Å². The minimum Gasteiger partial charge on any atom is -0.311 e. The van der Waals surface area contributed by atoms with Crippen molar-refractivity contribution in [2.45, 2.75) is 12.5 Å². The molecule has 2 rings (SSSR count). The molecule has 0 saturated carbocycles. The van der Waals surface area contributed by atoms with Crippen molar-refractivity contribution < 1.29 is 0 Å². The van der Waals surface area contributed by atoms with Crippen LogP contribution in [-0.4, -0.2) is 20.8 Å². The van der Waals surface area contributed by atoms with E-state index in [1.165, 1.54) is 17.3 Å². The highest BCUT2D eigenvalue weighted by atomic mass is 32.1. The maximum Gasteiger partial charge on any atom is 0.0915 e. The van der Waals surface area contributed by atoms with E-state index in [-0.39, 0.29) is 6.04 Å². The smallest absolute Gasteiger partial charge is 0.0915 e. The minimum absolute atomic E-state index is 0.216. The topological polar surface area (TPSA) is 50.7 Å². The Morgan fingerprint density at radius 3 is 3.00 bits per heavy atom. The van der Waals surface area contributed by atoms with E-state index in [1.54, 1.807) is 6.20 Å². The molecule has 0 aliphatic heterocycles. The first-order valence-electron chi connectivity index (χ1n) is 4.74. The number of hydrogen-bond donors (Lipinski definition) is 1. The van der Waals surface area contributed by atoms with E-state index in [0.717, 1.165) is 12.1 Å². The molecule has 2 aromatic heterocycles. The predicted octanol–water partition coefficient (Wildman–Crippen LogP) is 1.44. The molecular weight excluding hydrogens is 208 g/mol. The Morgan fingerprint density at radius 1 is 1.47 bits per heavy atom.